The van der Waals surface area contributed by atoms with Gasteiger partial charge in [-0.2, -0.15) is 0 Å². The Bertz CT molecular complexity index is 470. The maximum atomic E-state index is 10.5. The first kappa shape index (κ1) is 16.7. The van der Waals surface area contributed by atoms with Crippen LogP contribution in [0.1, 0.15) is 13.8 Å². The van der Waals surface area contributed by atoms with Crippen molar-refractivity contribution in [1.29, 1.82) is 0 Å². The Morgan fingerprint density at radius 3 is 2.00 bits per heavy atom. The first-order valence-corrected chi connectivity index (χ1v) is 7.05. The van der Waals surface area contributed by atoms with Crippen molar-refractivity contribution in [3.05, 3.63) is 18.2 Å². The van der Waals surface area contributed by atoms with E-state index < -0.39 is 15.0 Å². The standard InChI is InChI=1S/C6H8N2O3S.C5H13N/c7-4-1-2-6(5(8)3-4)12(9,10)11;1-4-6(3)5-2/h1-3H,7-8H2,(H,9,10,11);4-5H2,1-3H3. The maximum Gasteiger partial charge on any atom is 0.126 e. The number of rotatable bonds is 3. The van der Waals surface area contributed by atoms with E-state index in [4.69, 9.17) is 11.5 Å². The van der Waals surface area contributed by atoms with Gasteiger partial charge in [0.05, 0.1) is 30.7 Å². The van der Waals surface area contributed by atoms with Gasteiger partial charge < -0.3 is 20.9 Å². The van der Waals surface area contributed by atoms with Crippen LogP contribution < -0.4 is 16.4 Å². The van der Waals surface area contributed by atoms with Gasteiger partial charge in [-0.25, -0.2) is 8.42 Å². The molecule has 5 N–H and O–H groups in total. The number of anilines is 2. The first-order chi connectivity index (χ1) is 8.22. The molecule has 18 heavy (non-hydrogen) atoms. The van der Waals surface area contributed by atoms with Crippen molar-refractivity contribution >= 4 is 21.5 Å². The molecule has 1 aromatic rings. The lowest BCUT2D eigenvalue weighted by molar-refractivity contribution is -0.875. The molecule has 0 aliphatic heterocycles. The smallest absolute Gasteiger partial charge is 0.126 e. The van der Waals surface area contributed by atoms with Crippen molar-refractivity contribution in [3.8, 4) is 0 Å². The third kappa shape index (κ3) is 5.85. The van der Waals surface area contributed by atoms with Gasteiger partial charge in [-0.15, -0.1) is 0 Å². The monoisotopic (exact) mass is 275 g/mol. The van der Waals surface area contributed by atoms with Crippen LogP contribution in [0.3, 0.4) is 0 Å². The molecule has 0 saturated carbocycles. The van der Waals surface area contributed by atoms with Crippen molar-refractivity contribution in [3.63, 3.8) is 0 Å². The normalized spacial score (nSPS) is 10.9. The first-order valence-electron chi connectivity index (χ1n) is 5.64. The summed E-state index contributed by atoms with van der Waals surface area (Å²) in [6, 6.07) is 3.62. The molecule has 0 heterocycles. The largest absolute Gasteiger partial charge is 0.744 e. The minimum absolute atomic E-state index is 0.120. The Morgan fingerprint density at radius 2 is 1.72 bits per heavy atom. The van der Waals surface area contributed by atoms with Gasteiger partial charge in [-0.3, -0.25) is 0 Å². The predicted octanol–water partition coefficient (Wildman–Crippen LogP) is -0.704. The van der Waals surface area contributed by atoms with Crippen LogP contribution in [0.5, 0.6) is 0 Å². The summed E-state index contributed by atoms with van der Waals surface area (Å²) in [7, 11) is -2.29. The van der Waals surface area contributed by atoms with E-state index in [1.54, 1.807) is 4.90 Å². The summed E-state index contributed by atoms with van der Waals surface area (Å²) < 4.78 is 31.5. The van der Waals surface area contributed by atoms with Crippen molar-refractivity contribution < 1.29 is 17.9 Å². The number of benzene rings is 1. The Balaban J connectivity index is 0.000000411. The minimum atomic E-state index is -4.48. The Hall–Kier alpha value is -1.31. The number of nitrogen functional groups attached to an aromatic ring is 2. The molecule has 7 heteroatoms. The number of hydrogen-bond donors (Lipinski definition) is 3. The van der Waals surface area contributed by atoms with Crippen molar-refractivity contribution in [2.75, 3.05) is 31.6 Å². The molecule has 0 aliphatic rings. The SMILES string of the molecule is CC[NH+](C)CC.Nc1ccc(S(=O)(=O)[O-])c(N)c1. The molecule has 0 bridgehead atoms. The van der Waals surface area contributed by atoms with E-state index in [2.05, 4.69) is 20.9 Å². The highest BCUT2D eigenvalue weighted by Crippen LogP contribution is 2.19. The second kappa shape index (κ2) is 7.20. The zero-order valence-corrected chi connectivity index (χ0v) is 11.8. The van der Waals surface area contributed by atoms with Crippen LogP contribution in [-0.4, -0.2) is 33.1 Å². The van der Waals surface area contributed by atoms with Gasteiger partial charge in [0.15, 0.2) is 0 Å². The summed E-state index contributed by atoms with van der Waals surface area (Å²) in [5, 5.41) is 0. The fraction of sp³-hybridized carbons (Fsp3) is 0.455. The Morgan fingerprint density at radius 1 is 1.22 bits per heavy atom. The fourth-order valence-electron chi connectivity index (χ4n) is 1.04. The molecule has 0 aromatic heterocycles. The highest BCUT2D eigenvalue weighted by molar-refractivity contribution is 7.86. The summed E-state index contributed by atoms with van der Waals surface area (Å²) in [6.07, 6.45) is 0. The molecule has 0 saturated heterocycles. The highest BCUT2D eigenvalue weighted by Gasteiger charge is 2.05. The lowest BCUT2D eigenvalue weighted by atomic mass is 10.3. The zero-order valence-electron chi connectivity index (χ0n) is 10.9. The second-order valence-electron chi connectivity index (χ2n) is 3.92. The van der Waals surface area contributed by atoms with Crippen LogP contribution in [-0.2, 0) is 10.1 Å². The van der Waals surface area contributed by atoms with Gasteiger partial charge in [-0.05, 0) is 32.0 Å². The molecule has 0 atom stereocenters. The zero-order chi connectivity index (χ0) is 14.3. The number of nitrogens with two attached hydrogens (primary N) is 2. The summed E-state index contributed by atoms with van der Waals surface area (Å²) in [4.78, 5) is 1.16. The van der Waals surface area contributed by atoms with Gasteiger partial charge in [0.2, 0.25) is 0 Å². The molecular formula is C11H21N3O3S. The van der Waals surface area contributed by atoms with E-state index in [1.807, 2.05) is 0 Å². The molecule has 0 unspecified atom stereocenters. The van der Waals surface area contributed by atoms with Crippen LogP contribution in [0, 0.1) is 0 Å². The lowest BCUT2D eigenvalue weighted by Gasteiger charge is -2.09. The van der Waals surface area contributed by atoms with Gasteiger partial charge >= 0.3 is 0 Å². The quantitative estimate of drug-likeness (QED) is 0.498. The van der Waals surface area contributed by atoms with Crippen LogP contribution in [0.2, 0.25) is 0 Å². The number of quaternary nitrogens is 1. The topological polar surface area (TPSA) is 114 Å². The predicted molar refractivity (Wildman–Crippen MR) is 71.2 cm³/mol. The van der Waals surface area contributed by atoms with E-state index in [0.29, 0.717) is 5.69 Å². The Labute approximate surface area is 108 Å². The summed E-state index contributed by atoms with van der Waals surface area (Å²) >= 11 is 0. The average Bonchev–Trinajstić information content (AvgIpc) is 2.26. The van der Waals surface area contributed by atoms with Crippen molar-refractivity contribution in [1.82, 2.24) is 0 Å². The van der Waals surface area contributed by atoms with Crippen LogP contribution in [0.4, 0.5) is 11.4 Å². The van der Waals surface area contributed by atoms with Gasteiger partial charge in [0.25, 0.3) is 0 Å². The van der Waals surface area contributed by atoms with Gasteiger partial charge in [0, 0.05) is 5.69 Å². The van der Waals surface area contributed by atoms with E-state index in [0.717, 1.165) is 6.07 Å². The van der Waals surface area contributed by atoms with Crippen molar-refractivity contribution in [2.45, 2.75) is 18.7 Å². The molecule has 0 fully saturated rings. The fourth-order valence-corrected chi connectivity index (χ4v) is 1.63. The molecule has 6 nitrogen and oxygen atoms in total. The molecule has 0 spiro atoms. The highest BCUT2D eigenvalue weighted by atomic mass is 32.2. The minimum Gasteiger partial charge on any atom is -0.744 e. The molecule has 0 aliphatic carbocycles. The summed E-state index contributed by atoms with van der Waals surface area (Å²) in [5.41, 5.74) is 10.7. The van der Waals surface area contributed by atoms with Gasteiger partial charge in [-0.1, -0.05) is 0 Å². The molecular weight excluding hydrogens is 254 g/mol. The average molecular weight is 275 g/mol. The van der Waals surface area contributed by atoms with E-state index >= 15 is 0 Å². The van der Waals surface area contributed by atoms with Crippen LogP contribution in [0.15, 0.2) is 23.1 Å². The van der Waals surface area contributed by atoms with E-state index in [-0.39, 0.29) is 5.69 Å². The molecule has 0 amide bonds. The van der Waals surface area contributed by atoms with Crippen LogP contribution >= 0.6 is 0 Å². The number of hydrogen-bond acceptors (Lipinski definition) is 5. The Kier molecular flexibility index (Phi) is 6.67. The molecule has 0 radical (unpaired) electrons. The number of nitrogens with one attached hydrogen (secondary N) is 1. The molecule has 1 aromatic carbocycles. The molecule has 1 rings (SSSR count). The third-order valence-electron chi connectivity index (χ3n) is 2.51. The summed E-state index contributed by atoms with van der Waals surface area (Å²) in [5.74, 6) is 0. The van der Waals surface area contributed by atoms with Crippen molar-refractivity contribution in [2.24, 2.45) is 0 Å². The lowest BCUT2D eigenvalue weighted by Crippen LogP contribution is -3.08. The van der Waals surface area contributed by atoms with E-state index in [9.17, 15) is 13.0 Å². The van der Waals surface area contributed by atoms with Crippen LogP contribution in [0.25, 0.3) is 0 Å². The maximum absolute atomic E-state index is 10.5. The third-order valence-corrected chi connectivity index (χ3v) is 3.42. The second-order valence-corrected chi connectivity index (χ2v) is 5.26. The van der Waals surface area contributed by atoms with E-state index in [1.165, 1.54) is 25.2 Å². The van der Waals surface area contributed by atoms with Gasteiger partial charge in [0.1, 0.15) is 10.1 Å². The summed E-state index contributed by atoms with van der Waals surface area (Å²) in [6.45, 7) is 6.88. The molecule has 104 valence electrons.